The maximum absolute atomic E-state index is 6.02. The van der Waals surface area contributed by atoms with E-state index in [4.69, 9.17) is 4.74 Å². The highest BCUT2D eigenvalue weighted by Gasteiger charge is 2.10. The number of rotatable bonds is 6. The van der Waals surface area contributed by atoms with E-state index in [9.17, 15) is 0 Å². The predicted octanol–water partition coefficient (Wildman–Crippen LogP) is 3.42. The van der Waals surface area contributed by atoms with Crippen LogP contribution in [-0.2, 0) is 0 Å². The van der Waals surface area contributed by atoms with Gasteiger partial charge in [-0.1, -0.05) is 25.1 Å². The van der Waals surface area contributed by atoms with Gasteiger partial charge in [-0.05, 0) is 31.9 Å². The highest BCUT2D eigenvalue weighted by atomic mass is 32.1. The van der Waals surface area contributed by atoms with Gasteiger partial charge in [0.25, 0.3) is 0 Å². The average molecular weight is 277 g/mol. The smallest absolute Gasteiger partial charge is 0.202 e. The first-order valence-electron chi connectivity index (χ1n) is 6.45. The molecule has 5 heteroatoms. The first kappa shape index (κ1) is 13.8. The summed E-state index contributed by atoms with van der Waals surface area (Å²) in [5.41, 5.74) is 1.16. The molecule has 0 aliphatic carbocycles. The predicted molar refractivity (Wildman–Crippen MR) is 79.0 cm³/mol. The SMILES string of the molecule is CCC(CNc1nc(C)ns1)Oc1ccccc1C. The van der Waals surface area contributed by atoms with Gasteiger partial charge in [0.1, 0.15) is 17.7 Å². The van der Waals surface area contributed by atoms with Crippen molar-refractivity contribution in [2.75, 3.05) is 11.9 Å². The van der Waals surface area contributed by atoms with Gasteiger partial charge < -0.3 is 10.1 Å². The molecule has 0 aliphatic heterocycles. The molecule has 0 radical (unpaired) electrons. The maximum atomic E-state index is 6.02. The summed E-state index contributed by atoms with van der Waals surface area (Å²) in [5, 5.41) is 4.13. The molecule has 1 atom stereocenters. The van der Waals surface area contributed by atoms with Crippen LogP contribution in [0.1, 0.15) is 24.7 Å². The van der Waals surface area contributed by atoms with Crippen molar-refractivity contribution in [3.63, 3.8) is 0 Å². The number of nitrogens with zero attached hydrogens (tertiary/aromatic N) is 2. The molecule has 1 aromatic carbocycles. The van der Waals surface area contributed by atoms with Crippen LogP contribution in [0.5, 0.6) is 5.75 Å². The Bertz CT molecular complexity index is 527. The van der Waals surface area contributed by atoms with Crippen LogP contribution in [0.3, 0.4) is 0 Å². The molecule has 19 heavy (non-hydrogen) atoms. The Labute approximate surface area is 118 Å². The fraction of sp³-hybridized carbons (Fsp3) is 0.429. The third kappa shape index (κ3) is 3.92. The quantitative estimate of drug-likeness (QED) is 0.879. The second kappa shape index (κ2) is 6.52. The molecular formula is C14H19N3OS. The third-order valence-corrected chi connectivity index (χ3v) is 3.62. The molecule has 102 valence electrons. The molecule has 0 spiro atoms. The number of aryl methyl sites for hydroxylation is 2. The minimum absolute atomic E-state index is 0.130. The molecule has 1 unspecified atom stereocenters. The molecule has 2 rings (SSSR count). The molecule has 0 bridgehead atoms. The van der Waals surface area contributed by atoms with E-state index in [0.717, 1.165) is 35.2 Å². The molecule has 0 fully saturated rings. The number of anilines is 1. The van der Waals surface area contributed by atoms with Crippen molar-refractivity contribution in [1.82, 2.24) is 9.36 Å². The molecule has 4 nitrogen and oxygen atoms in total. The van der Waals surface area contributed by atoms with Crippen LogP contribution in [0, 0.1) is 13.8 Å². The van der Waals surface area contributed by atoms with Crippen molar-refractivity contribution >= 4 is 16.7 Å². The second-order valence-corrected chi connectivity index (χ2v) is 5.19. The summed E-state index contributed by atoms with van der Waals surface area (Å²) in [6.07, 6.45) is 1.07. The van der Waals surface area contributed by atoms with Crippen LogP contribution in [-0.4, -0.2) is 22.0 Å². The molecule has 0 saturated carbocycles. The average Bonchev–Trinajstić information content (AvgIpc) is 2.82. The van der Waals surface area contributed by atoms with Crippen molar-refractivity contribution in [3.8, 4) is 5.75 Å². The van der Waals surface area contributed by atoms with Crippen molar-refractivity contribution in [1.29, 1.82) is 0 Å². The number of nitrogens with one attached hydrogen (secondary N) is 1. The summed E-state index contributed by atoms with van der Waals surface area (Å²) in [6.45, 7) is 6.81. The van der Waals surface area contributed by atoms with Crippen LogP contribution < -0.4 is 10.1 Å². The van der Waals surface area contributed by atoms with E-state index in [1.54, 1.807) is 0 Å². The zero-order chi connectivity index (χ0) is 13.7. The number of para-hydroxylation sites is 1. The van der Waals surface area contributed by atoms with Crippen LogP contribution in [0.15, 0.2) is 24.3 Å². The van der Waals surface area contributed by atoms with Crippen molar-refractivity contribution in [2.45, 2.75) is 33.3 Å². The molecule has 1 aromatic heterocycles. The Morgan fingerprint density at radius 1 is 1.32 bits per heavy atom. The van der Waals surface area contributed by atoms with Gasteiger partial charge in [-0.25, -0.2) is 4.98 Å². The van der Waals surface area contributed by atoms with Crippen molar-refractivity contribution < 1.29 is 4.74 Å². The number of aromatic nitrogens is 2. The Morgan fingerprint density at radius 2 is 2.11 bits per heavy atom. The van der Waals surface area contributed by atoms with E-state index in [2.05, 4.69) is 34.6 Å². The number of hydrogen-bond donors (Lipinski definition) is 1. The van der Waals surface area contributed by atoms with Gasteiger partial charge in [-0.15, -0.1) is 0 Å². The van der Waals surface area contributed by atoms with E-state index in [1.807, 2.05) is 25.1 Å². The molecule has 0 aliphatic rings. The Hall–Kier alpha value is -1.62. The Kier molecular flexibility index (Phi) is 4.74. The lowest BCUT2D eigenvalue weighted by Crippen LogP contribution is -2.25. The summed E-state index contributed by atoms with van der Waals surface area (Å²) in [4.78, 5) is 4.28. The summed E-state index contributed by atoms with van der Waals surface area (Å²) >= 11 is 1.38. The van der Waals surface area contributed by atoms with Crippen LogP contribution >= 0.6 is 11.5 Å². The van der Waals surface area contributed by atoms with Crippen LogP contribution in [0.2, 0.25) is 0 Å². The molecule has 0 saturated heterocycles. The summed E-state index contributed by atoms with van der Waals surface area (Å²) in [6, 6.07) is 8.08. The summed E-state index contributed by atoms with van der Waals surface area (Å²) in [7, 11) is 0. The zero-order valence-electron chi connectivity index (χ0n) is 11.5. The summed E-state index contributed by atoms with van der Waals surface area (Å²) < 4.78 is 10.2. The Morgan fingerprint density at radius 3 is 2.74 bits per heavy atom. The van der Waals surface area contributed by atoms with Crippen LogP contribution in [0.4, 0.5) is 5.13 Å². The van der Waals surface area contributed by atoms with Crippen molar-refractivity contribution in [3.05, 3.63) is 35.7 Å². The normalized spacial score (nSPS) is 12.2. The fourth-order valence-electron chi connectivity index (χ4n) is 1.71. The molecular weight excluding hydrogens is 258 g/mol. The van der Waals surface area contributed by atoms with Gasteiger partial charge in [0.05, 0.1) is 6.54 Å². The first-order chi connectivity index (χ1) is 9.19. The minimum atomic E-state index is 0.130. The van der Waals surface area contributed by atoms with Gasteiger partial charge in [-0.2, -0.15) is 4.37 Å². The first-order valence-corrected chi connectivity index (χ1v) is 7.23. The minimum Gasteiger partial charge on any atom is -0.488 e. The number of benzene rings is 1. The van der Waals surface area contributed by atoms with Crippen LogP contribution in [0.25, 0.3) is 0 Å². The highest BCUT2D eigenvalue weighted by molar-refractivity contribution is 7.09. The molecule has 1 heterocycles. The monoisotopic (exact) mass is 277 g/mol. The topological polar surface area (TPSA) is 47.0 Å². The number of ether oxygens (including phenoxy) is 1. The van der Waals surface area contributed by atoms with E-state index < -0.39 is 0 Å². The number of hydrogen-bond acceptors (Lipinski definition) is 5. The Balaban J connectivity index is 1.92. The van der Waals surface area contributed by atoms with E-state index in [-0.39, 0.29) is 6.10 Å². The van der Waals surface area contributed by atoms with Gasteiger partial charge in [0, 0.05) is 11.5 Å². The van der Waals surface area contributed by atoms with E-state index in [1.165, 1.54) is 11.5 Å². The van der Waals surface area contributed by atoms with Gasteiger partial charge >= 0.3 is 0 Å². The highest BCUT2D eigenvalue weighted by Crippen LogP contribution is 2.19. The fourth-order valence-corrected chi connectivity index (χ4v) is 2.29. The largest absolute Gasteiger partial charge is 0.488 e. The zero-order valence-corrected chi connectivity index (χ0v) is 12.3. The summed E-state index contributed by atoms with van der Waals surface area (Å²) in [5.74, 6) is 1.75. The molecule has 2 aromatic rings. The van der Waals surface area contributed by atoms with Crippen molar-refractivity contribution in [2.24, 2.45) is 0 Å². The molecule has 0 amide bonds. The van der Waals surface area contributed by atoms with Gasteiger partial charge in [0.2, 0.25) is 5.13 Å². The van der Waals surface area contributed by atoms with Gasteiger partial charge in [-0.3, -0.25) is 0 Å². The maximum Gasteiger partial charge on any atom is 0.202 e. The lowest BCUT2D eigenvalue weighted by atomic mass is 10.2. The second-order valence-electron chi connectivity index (χ2n) is 4.44. The van der Waals surface area contributed by atoms with Gasteiger partial charge in [0.15, 0.2) is 0 Å². The molecule has 1 N–H and O–H groups in total. The standard InChI is InChI=1S/C14H19N3OS/c1-4-12(9-15-14-16-11(3)17-19-14)18-13-8-6-5-7-10(13)2/h5-8,12H,4,9H2,1-3H3,(H,15,16,17). The van der Waals surface area contributed by atoms with E-state index >= 15 is 0 Å². The van der Waals surface area contributed by atoms with E-state index in [0.29, 0.717) is 0 Å². The lowest BCUT2D eigenvalue weighted by Gasteiger charge is -2.19. The lowest BCUT2D eigenvalue weighted by molar-refractivity contribution is 0.208. The third-order valence-electron chi connectivity index (χ3n) is 2.85.